The molecule has 0 aliphatic rings. The first-order valence-corrected chi connectivity index (χ1v) is 6.92. The van der Waals surface area contributed by atoms with Gasteiger partial charge >= 0.3 is 0 Å². The second-order valence-electron chi connectivity index (χ2n) is 3.80. The molecule has 0 aliphatic heterocycles. The van der Waals surface area contributed by atoms with Gasteiger partial charge in [-0.1, -0.05) is 0 Å². The van der Waals surface area contributed by atoms with Gasteiger partial charge in [-0.2, -0.15) is 0 Å². The van der Waals surface area contributed by atoms with Gasteiger partial charge in [-0.05, 0) is 12.1 Å². The quantitative estimate of drug-likeness (QED) is 0.826. The molecular weight excluding hydrogens is 273 g/mol. The van der Waals surface area contributed by atoms with E-state index in [1.165, 1.54) is 18.6 Å². The lowest BCUT2D eigenvalue weighted by Crippen LogP contribution is -2.28. The van der Waals surface area contributed by atoms with Gasteiger partial charge in [0.1, 0.15) is 12.2 Å². The van der Waals surface area contributed by atoms with E-state index in [-0.39, 0.29) is 6.54 Å². The zero-order valence-corrected chi connectivity index (χ0v) is 10.9. The smallest absolute Gasteiger partial charge is 0.261 e. The summed E-state index contributed by atoms with van der Waals surface area (Å²) in [7, 11) is -2.20. The van der Waals surface area contributed by atoms with Crippen LogP contribution in [0.4, 0.5) is 4.39 Å². The minimum atomic E-state index is -3.95. The van der Waals surface area contributed by atoms with Gasteiger partial charge in [0.15, 0.2) is 5.82 Å². The van der Waals surface area contributed by atoms with Crippen LogP contribution in [-0.4, -0.2) is 34.7 Å². The Labute approximate surface area is 109 Å². The van der Waals surface area contributed by atoms with Gasteiger partial charge in [-0.15, -0.1) is 10.2 Å². The van der Waals surface area contributed by atoms with Gasteiger partial charge in [0.05, 0.1) is 0 Å². The maximum Gasteiger partial charge on any atom is 0.261 e. The number of nitrogens with one attached hydrogen (secondary N) is 1. The molecule has 9 heteroatoms. The molecule has 7 nitrogen and oxygen atoms in total. The van der Waals surface area contributed by atoms with E-state index in [2.05, 4.69) is 19.9 Å². The Balaban J connectivity index is 2.03. The summed E-state index contributed by atoms with van der Waals surface area (Å²) in [5, 5.41) is 6.88. The molecule has 19 heavy (non-hydrogen) atoms. The summed E-state index contributed by atoms with van der Waals surface area (Å²) in [6, 6.07) is 2.37. The van der Waals surface area contributed by atoms with Crippen molar-refractivity contribution in [3.05, 3.63) is 36.3 Å². The van der Waals surface area contributed by atoms with Crippen LogP contribution in [0.15, 0.2) is 29.7 Å². The molecule has 0 fully saturated rings. The molecule has 102 valence electrons. The second kappa shape index (κ2) is 5.41. The highest BCUT2D eigenvalue weighted by Crippen LogP contribution is 2.09. The van der Waals surface area contributed by atoms with Crippen molar-refractivity contribution in [1.82, 2.24) is 24.5 Å². The molecular formula is C10H12FN5O2S. The van der Waals surface area contributed by atoms with E-state index in [1.807, 2.05) is 0 Å². The van der Waals surface area contributed by atoms with Gasteiger partial charge in [-0.25, -0.2) is 22.5 Å². The number of halogens is 1. The lowest BCUT2D eigenvalue weighted by molar-refractivity contribution is 0.544. The van der Waals surface area contributed by atoms with Crippen LogP contribution >= 0.6 is 0 Å². The fourth-order valence-corrected chi connectivity index (χ4v) is 2.50. The van der Waals surface area contributed by atoms with E-state index in [9.17, 15) is 12.8 Å². The van der Waals surface area contributed by atoms with Crippen LogP contribution in [0.3, 0.4) is 0 Å². The number of aromatic nitrogens is 4. The molecule has 0 aliphatic carbocycles. The monoisotopic (exact) mass is 285 g/mol. The first kappa shape index (κ1) is 13.6. The maximum atomic E-state index is 13.3. The van der Waals surface area contributed by atoms with Crippen molar-refractivity contribution in [2.75, 3.05) is 6.54 Å². The largest absolute Gasteiger partial charge is 0.321 e. The molecule has 2 aromatic heterocycles. The summed E-state index contributed by atoms with van der Waals surface area (Å²) in [5.41, 5.74) is 0. The highest BCUT2D eigenvalue weighted by atomic mass is 32.2. The lowest BCUT2D eigenvalue weighted by atomic mass is 10.4. The van der Waals surface area contributed by atoms with Gasteiger partial charge < -0.3 is 4.57 Å². The first-order chi connectivity index (χ1) is 9.00. The normalized spacial score (nSPS) is 11.7. The van der Waals surface area contributed by atoms with Gasteiger partial charge in [-0.3, -0.25) is 0 Å². The zero-order chi connectivity index (χ0) is 13.9. The van der Waals surface area contributed by atoms with E-state index < -0.39 is 20.9 Å². The van der Waals surface area contributed by atoms with Gasteiger partial charge in [0.2, 0.25) is 5.03 Å². The predicted octanol–water partition coefficient (Wildman–Crippen LogP) is -0.130. The van der Waals surface area contributed by atoms with Crippen molar-refractivity contribution >= 4 is 10.0 Å². The van der Waals surface area contributed by atoms with Crippen molar-refractivity contribution < 1.29 is 12.8 Å². The Morgan fingerprint density at radius 1 is 1.47 bits per heavy atom. The van der Waals surface area contributed by atoms with Crippen molar-refractivity contribution in [3.8, 4) is 0 Å². The molecule has 0 unspecified atom stereocenters. The van der Waals surface area contributed by atoms with E-state index in [0.717, 1.165) is 6.07 Å². The summed E-state index contributed by atoms with van der Waals surface area (Å²) < 4.78 is 40.9. The number of rotatable bonds is 5. The number of sulfonamides is 1. The van der Waals surface area contributed by atoms with Crippen molar-refractivity contribution in [2.45, 2.75) is 11.4 Å². The van der Waals surface area contributed by atoms with Crippen LogP contribution in [0.25, 0.3) is 0 Å². The third kappa shape index (κ3) is 3.12. The molecule has 1 N–H and O–H groups in total. The average Bonchev–Trinajstić information content (AvgIpc) is 2.75. The Bertz CT molecular complexity index is 670. The Morgan fingerprint density at radius 2 is 2.26 bits per heavy atom. The molecule has 2 heterocycles. The van der Waals surface area contributed by atoms with Crippen molar-refractivity contribution in [2.24, 2.45) is 7.05 Å². The van der Waals surface area contributed by atoms with Crippen LogP contribution in [0.1, 0.15) is 5.82 Å². The summed E-state index contributed by atoms with van der Waals surface area (Å²) in [5.74, 6) is -0.252. The summed E-state index contributed by atoms with van der Waals surface area (Å²) in [4.78, 5) is 3.52. The third-order valence-corrected chi connectivity index (χ3v) is 3.82. The fourth-order valence-electron chi connectivity index (χ4n) is 1.47. The third-order valence-electron chi connectivity index (χ3n) is 2.43. The molecule has 0 amide bonds. The molecule has 0 spiro atoms. The number of pyridine rings is 1. The molecule has 2 rings (SSSR count). The summed E-state index contributed by atoms with van der Waals surface area (Å²) in [6.45, 7) is 0.0882. The maximum absolute atomic E-state index is 13.3. The van der Waals surface area contributed by atoms with Crippen LogP contribution < -0.4 is 4.72 Å². The number of hydrogen-bond donors (Lipinski definition) is 1. The van der Waals surface area contributed by atoms with Crippen LogP contribution in [0.2, 0.25) is 0 Å². The van der Waals surface area contributed by atoms with Crippen LogP contribution in [0.5, 0.6) is 0 Å². The van der Waals surface area contributed by atoms with Crippen molar-refractivity contribution in [1.29, 1.82) is 0 Å². The Hall–Kier alpha value is -1.87. The number of aryl methyl sites for hydroxylation is 1. The van der Waals surface area contributed by atoms with E-state index in [1.54, 1.807) is 11.6 Å². The molecule has 0 saturated heterocycles. The predicted molar refractivity (Wildman–Crippen MR) is 64.1 cm³/mol. The summed E-state index contributed by atoms with van der Waals surface area (Å²) in [6.07, 6.45) is 3.09. The van der Waals surface area contributed by atoms with Crippen LogP contribution in [-0.2, 0) is 23.5 Å². The van der Waals surface area contributed by atoms with Gasteiger partial charge in [0.25, 0.3) is 10.0 Å². The SMILES string of the molecule is Cn1cnnc1CCNS(=O)(=O)c1ncccc1F. The van der Waals surface area contributed by atoms with Crippen molar-refractivity contribution in [3.63, 3.8) is 0 Å². The molecule has 0 bridgehead atoms. The minimum Gasteiger partial charge on any atom is -0.321 e. The van der Waals surface area contributed by atoms with Crippen LogP contribution in [0, 0.1) is 5.82 Å². The minimum absolute atomic E-state index is 0.0882. The standard InChI is InChI=1S/C10H12FN5O2S/c1-16-7-13-15-9(16)4-6-14-19(17,18)10-8(11)3-2-5-12-10/h2-3,5,7,14H,4,6H2,1H3. The highest BCUT2D eigenvalue weighted by Gasteiger charge is 2.19. The molecule has 0 atom stereocenters. The highest BCUT2D eigenvalue weighted by molar-refractivity contribution is 7.89. The lowest BCUT2D eigenvalue weighted by Gasteiger charge is -2.06. The molecule has 2 aromatic rings. The number of hydrogen-bond acceptors (Lipinski definition) is 5. The van der Waals surface area contributed by atoms with E-state index >= 15 is 0 Å². The Kier molecular flexibility index (Phi) is 3.86. The topological polar surface area (TPSA) is 89.8 Å². The molecule has 0 saturated carbocycles. The fraction of sp³-hybridized carbons (Fsp3) is 0.300. The second-order valence-corrected chi connectivity index (χ2v) is 5.48. The molecule has 0 radical (unpaired) electrons. The average molecular weight is 285 g/mol. The number of nitrogens with zero attached hydrogens (tertiary/aromatic N) is 4. The van der Waals surface area contributed by atoms with E-state index in [4.69, 9.17) is 0 Å². The zero-order valence-electron chi connectivity index (χ0n) is 10.1. The Morgan fingerprint density at radius 3 is 2.89 bits per heavy atom. The molecule has 0 aromatic carbocycles. The summed E-state index contributed by atoms with van der Waals surface area (Å²) >= 11 is 0. The van der Waals surface area contributed by atoms with Gasteiger partial charge in [0, 0.05) is 26.2 Å². The van der Waals surface area contributed by atoms with E-state index in [0.29, 0.717) is 12.2 Å². The first-order valence-electron chi connectivity index (χ1n) is 5.44.